The van der Waals surface area contributed by atoms with Crippen molar-refractivity contribution in [1.29, 1.82) is 0 Å². The highest BCUT2D eigenvalue weighted by Gasteiger charge is 2.35. The number of nitrogens with zero attached hydrogens (tertiary/aromatic N) is 4. The topological polar surface area (TPSA) is 112 Å². The Hall–Kier alpha value is -5.33. The maximum Gasteiger partial charge on any atom is 0.435 e. The number of carbonyl (C=O) groups is 1. The lowest BCUT2D eigenvalue weighted by molar-refractivity contribution is -0.141. The van der Waals surface area contributed by atoms with E-state index in [1.165, 1.54) is 26.6 Å². The molecule has 0 saturated heterocycles. The molecule has 5 rings (SSSR count). The van der Waals surface area contributed by atoms with Gasteiger partial charge < -0.3 is 19.5 Å². The molecular weight excluding hydrogens is 541 g/mol. The van der Waals surface area contributed by atoms with E-state index in [1.807, 2.05) is 0 Å². The van der Waals surface area contributed by atoms with Crippen LogP contribution in [0.15, 0.2) is 79.1 Å². The smallest absolute Gasteiger partial charge is 0.435 e. The SMILES string of the molecule is C.COc1cc2ncnc(Oc3cccc(NC(=O)Nc4cc(C(F)(F)F)nn4-c4ccccc4)c3)c2cc1OC. The second kappa shape index (κ2) is 11.8. The summed E-state index contributed by atoms with van der Waals surface area (Å²) in [5, 5.41) is 9.20. The van der Waals surface area contributed by atoms with E-state index in [0.717, 1.165) is 10.7 Å². The van der Waals surface area contributed by atoms with Crippen LogP contribution in [0.25, 0.3) is 16.6 Å². The Bertz CT molecular complexity index is 1680. The van der Waals surface area contributed by atoms with Crippen molar-refractivity contribution in [2.45, 2.75) is 13.6 Å². The number of aromatic nitrogens is 4. The predicted octanol–water partition coefficient (Wildman–Crippen LogP) is 6.92. The summed E-state index contributed by atoms with van der Waals surface area (Å²) in [5.74, 6) is 1.36. The summed E-state index contributed by atoms with van der Waals surface area (Å²) in [6.07, 6.45) is -3.36. The van der Waals surface area contributed by atoms with Crippen LogP contribution >= 0.6 is 0 Å². The molecule has 2 aromatic heterocycles. The van der Waals surface area contributed by atoms with Gasteiger partial charge in [0, 0.05) is 23.9 Å². The van der Waals surface area contributed by atoms with Gasteiger partial charge in [-0.15, -0.1) is 0 Å². The Morgan fingerprint density at radius 1 is 0.878 bits per heavy atom. The van der Waals surface area contributed by atoms with Gasteiger partial charge in [0.25, 0.3) is 0 Å². The number of carbonyl (C=O) groups excluding carboxylic acids is 1. The first-order valence-corrected chi connectivity index (χ1v) is 11.7. The number of rotatable bonds is 7. The molecule has 13 heteroatoms. The van der Waals surface area contributed by atoms with Crippen molar-refractivity contribution in [2.75, 3.05) is 24.9 Å². The van der Waals surface area contributed by atoms with Crippen molar-refractivity contribution in [2.24, 2.45) is 0 Å². The lowest BCUT2D eigenvalue weighted by atomic mass is 10.2. The molecule has 0 spiro atoms. The van der Waals surface area contributed by atoms with Gasteiger partial charge in [0.05, 0.1) is 30.8 Å². The molecule has 2 amide bonds. The number of urea groups is 1. The molecule has 0 radical (unpaired) electrons. The summed E-state index contributed by atoms with van der Waals surface area (Å²) in [7, 11) is 3.02. The number of alkyl halides is 3. The van der Waals surface area contributed by atoms with Crippen molar-refractivity contribution in [3.63, 3.8) is 0 Å². The molecule has 212 valence electrons. The molecule has 10 nitrogen and oxygen atoms in total. The molecule has 0 bridgehead atoms. The van der Waals surface area contributed by atoms with Crippen LogP contribution in [0.2, 0.25) is 0 Å². The van der Waals surface area contributed by atoms with Crippen LogP contribution < -0.4 is 24.8 Å². The van der Waals surface area contributed by atoms with Gasteiger partial charge in [-0.05, 0) is 30.3 Å². The van der Waals surface area contributed by atoms with E-state index < -0.39 is 17.9 Å². The summed E-state index contributed by atoms with van der Waals surface area (Å²) < 4.78 is 57.7. The van der Waals surface area contributed by atoms with E-state index in [4.69, 9.17) is 14.2 Å². The fourth-order valence-corrected chi connectivity index (χ4v) is 3.84. The average molecular weight is 567 g/mol. The van der Waals surface area contributed by atoms with Crippen LogP contribution in [0.4, 0.5) is 29.5 Å². The molecular formula is C28H25F3N6O4. The third-order valence-corrected chi connectivity index (χ3v) is 5.65. The summed E-state index contributed by atoms with van der Waals surface area (Å²) in [4.78, 5) is 21.2. The highest BCUT2D eigenvalue weighted by Crippen LogP contribution is 2.36. The number of hydrogen-bond donors (Lipinski definition) is 2. The largest absolute Gasteiger partial charge is 0.493 e. The van der Waals surface area contributed by atoms with E-state index in [0.29, 0.717) is 39.5 Å². The number of anilines is 2. The summed E-state index contributed by atoms with van der Waals surface area (Å²) in [5.41, 5.74) is 0.0717. The lowest BCUT2D eigenvalue weighted by Crippen LogP contribution is -2.21. The van der Waals surface area contributed by atoms with Gasteiger partial charge in [0.15, 0.2) is 17.2 Å². The maximum atomic E-state index is 13.3. The molecule has 41 heavy (non-hydrogen) atoms. The highest BCUT2D eigenvalue weighted by molar-refractivity contribution is 5.99. The molecule has 0 aliphatic carbocycles. The first-order chi connectivity index (χ1) is 19.2. The molecule has 0 aliphatic heterocycles. The van der Waals surface area contributed by atoms with Crippen LogP contribution in [-0.2, 0) is 6.18 Å². The predicted molar refractivity (Wildman–Crippen MR) is 147 cm³/mol. The molecule has 0 aliphatic rings. The minimum Gasteiger partial charge on any atom is -0.493 e. The normalized spacial score (nSPS) is 11.0. The Morgan fingerprint density at radius 2 is 1.61 bits per heavy atom. The van der Waals surface area contributed by atoms with Gasteiger partial charge in [-0.3, -0.25) is 5.32 Å². The quantitative estimate of drug-likeness (QED) is 0.220. The van der Waals surface area contributed by atoms with Crippen molar-refractivity contribution in [3.8, 4) is 28.8 Å². The molecule has 2 heterocycles. The number of nitrogens with one attached hydrogen (secondary N) is 2. The van der Waals surface area contributed by atoms with E-state index >= 15 is 0 Å². The zero-order valence-corrected chi connectivity index (χ0v) is 21.1. The van der Waals surface area contributed by atoms with Gasteiger partial charge >= 0.3 is 12.2 Å². The maximum absolute atomic E-state index is 13.3. The molecule has 0 saturated carbocycles. The number of para-hydroxylation sites is 1. The number of fused-ring (bicyclic) bond motifs is 1. The average Bonchev–Trinajstić information content (AvgIpc) is 3.37. The van der Waals surface area contributed by atoms with Crippen molar-refractivity contribution in [3.05, 3.63) is 84.8 Å². The fraction of sp³-hybridized carbons (Fsp3) is 0.143. The van der Waals surface area contributed by atoms with Gasteiger partial charge in [0.1, 0.15) is 17.9 Å². The number of benzene rings is 3. The van der Waals surface area contributed by atoms with Gasteiger partial charge in [0.2, 0.25) is 5.88 Å². The van der Waals surface area contributed by atoms with Crippen LogP contribution in [0.5, 0.6) is 23.1 Å². The summed E-state index contributed by atoms with van der Waals surface area (Å²) in [6.45, 7) is 0. The van der Waals surface area contributed by atoms with Gasteiger partial charge in [-0.25, -0.2) is 19.4 Å². The summed E-state index contributed by atoms with van der Waals surface area (Å²) >= 11 is 0. The van der Waals surface area contributed by atoms with Gasteiger partial charge in [-0.2, -0.15) is 18.3 Å². The third-order valence-electron chi connectivity index (χ3n) is 5.65. The number of methoxy groups -OCH3 is 2. The first kappa shape index (κ1) is 28.7. The number of amides is 2. The van der Waals surface area contributed by atoms with Gasteiger partial charge in [-0.1, -0.05) is 31.7 Å². The Balaban J connectivity index is 0.00000387. The molecule has 2 N–H and O–H groups in total. The third kappa shape index (κ3) is 6.30. The monoisotopic (exact) mass is 566 g/mol. The molecule has 5 aromatic rings. The highest BCUT2D eigenvalue weighted by atomic mass is 19.4. The van der Waals surface area contributed by atoms with E-state index in [2.05, 4.69) is 25.7 Å². The minimum absolute atomic E-state index is 0. The lowest BCUT2D eigenvalue weighted by Gasteiger charge is -2.13. The van der Waals surface area contributed by atoms with E-state index in [-0.39, 0.29) is 19.1 Å². The summed E-state index contributed by atoms with van der Waals surface area (Å²) in [6, 6.07) is 17.9. The standard InChI is InChI=1S/C27H21F3N6O4.CH4/c1-38-21-12-19-20(13-22(21)39-2)31-15-32-25(19)40-18-10-6-7-16(11-18)33-26(37)34-24-14-23(27(28,29)30)35-36(24)17-8-4-3-5-9-17;/h3-15H,1-2H3,(H2,33,34,37);1H4. The second-order valence-corrected chi connectivity index (χ2v) is 8.27. The van der Waals surface area contributed by atoms with Crippen molar-refractivity contribution >= 4 is 28.4 Å². The molecule has 0 atom stereocenters. The molecule has 0 fully saturated rings. The Morgan fingerprint density at radius 3 is 2.32 bits per heavy atom. The number of halogens is 3. The van der Waals surface area contributed by atoms with Crippen LogP contribution in [0.1, 0.15) is 13.1 Å². The van der Waals surface area contributed by atoms with E-state index in [1.54, 1.807) is 60.7 Å². The minimum atomic E-state index is -4.70. The van der Waals surface area contributed by atoms with E-state index in [9.17, 15) is 18.0 Å². The Kier molecular flexibility index (Phi) is 8.26. The number of hydrogen-bond acceptors (Lipinski definition) is 7. The zero-order valence-electron chi connectivity index (χ0n) is 21.1. The molecule has 0 unspecified atom stereocenters. The Labute approximate surface area is 232 Å². The zero-order chi connectivity index (χ0) is 28.3. The van der Waals surface area contributed by atoms with Crippen molar-refractivity contribution in [1.82, 2.24) is 19.7 Å². The van der Waals surface area contributed by atoms with Crippen LogP contribution in [0.3, 0.4) is 0 Å². The second-order valence-electron chi connectivity index (χ2n) is 8.27. The van der Waals surface area contributed by atoms with Crippen LogP contribution in [-0.4, -0.2) is 40.0 Å². The molecule has 3 aromatic carbocycles. The first-order valence-electron chi connectivity index (χ1n) is 11.7. The van der Waals surface area contributed by atoms with Crippen LogP contribution in [0, 0.1) is 0 Å². The number of ether oxygens (including phenoxy) is 3. The fourth-order valence-electron chi connectivity index (χ4n) is 3.84. The van der Waals surface area contributed by atoms with Crippen molar-refractivity contribution < 1.29 is 32.2 Å².